The van der Waals surface area contributed by atoms with Gasteiger partial charge in [-0.05, 0) is 31.0 Å². The van der Waals surface area contributed by atoms with E-state index in [0.717, 1.165) is 17.1 Å². The molecule has 36 heavy (non-hydrogen) atoms. The molecule has 1 aromatic carbocycles. The number of aromatic nitrogens is 1. The van der Waals surface area contributed by atoms with E-state index in [1.165, 1.54) is 6.07 Å². The van der Waals surface area contributed by atoms with E-state index in [1.54, 1.807) is 22.8 Å². The van der Waals surface area contributed by atoms with Crippen LogP contribution in [0.3, 0.4) is 0 Å². The molecule has 1 aliphatic heterocycles. The van der Waals surface area contributed by atoms with Gasteiger partial charge in [0.2, 0.25) is 5.91 Å². The second kappa shape index (κ2) is 10.3. The summed E-state index contributed by atoms with van der Waals surface area (Å²) in [5.74, 6) is -0.274. The van der Waals surface area contributed by atoms with Crippen molar-refractivity contribution >= 4 is 39.0 Å². The summed E-state index contributed by atoms with van der Waals surface area (Å²) >= 11 is 0. The first-order valence-electron chi connectivity index (χ1n) is 12.5. The minimum Gasteiger partial charge on any atom is -0.466 e. The van der Waals surface area contributed by atoms with Crippen molar-refractivity contribution in [2.24, 2.45) is 0 Å². The zero-order valence-corrected chi connectivity index (χ0v) is 24.3. The molecule has 2 heterocycles. The number of nitro benzene ring substituents is 1. The van der Waals surface area contributed by atoms with E-state index in [-0.39, 0.29) is 28.9 Å². The first-order chi connectivity index (χ1) is 16.7. The molecule has 0 radical (unpaired) electrons. The Labute approximate surface area is 215 Å². The van der Waals surface area contributed by atoms with E-state index in [2.05, 4.69) is 45.9 Å². The minimum absolute atomic E-state index is 0.00485. The average molecular weight is 527 g/mol. The second-order valence-electron chi connectivity index (χ2n) is 11.9. The number of nitrogens with zero attached hydrogens (tertiary/aromatic N) is 2. The summed E-state index contributed by atoms with van der Waals surface area (Å²) in [4.78, 5) is 37.5. The minimum atomic E-state index is -2.02. The quantitative estimate of drug-likeness (QED) is 0.122. The number of allylic oxidation sites excluding steroid dienone is 1. The van der Waals surface area contributed by atoms with Crippen LogP contribution in [0.2, 0.25) is 45.3 Å². The van der Waals surface area contributed by atoms with E-state index < -0.39 is 21.6 Å². The van der Waals surface area contributed by atoms with Crippen LogP contribution in [0.4, 0.5) is 5.69 Å². The third kappa shape index (κ3) is 5.78. The van der Waals surface area contributed by atoms with Crippen molar-refractivity contribution in [2.45, 2.75) is 76.4 Å². The third-order valence-corrected chi connectivity index (χ3v) is 10.6. The first-order valence-corrected chi connectivity index (χ1v) is 19.7. The third-order valence-electron chi connectivity index (χ3n) is 6.95. The highest BCUT2D eigenvalue weighted by atomic mass is 28.3. The molecule has 9 heteroatoms. The van der Waals surface area contributed by atoms with Gasteiger partial charge in [-0.25, -0.2) is 0 Å². The Bertz CT molecular complexity index is 1190. The summed E-state index contributed by atoms with van der Waals surface area (Å²) < 4.78 is 7.33. The van der Waals surface area contributed by atoms with Crippen LogP contribution in [0, 0.1) is 10.1 Å². The van der Waals surface area contributed by atoms with Gasteiger partial charge in [-0.2, -0.15) is 0 Å². The molecule has 1 atom stereocenters. The van der Waals surface area contributed by atoms with Gasteiger partial charge >= 0.3 is 5.97 Å². The van der Waals surface area contributed by atoms with Gasteiger partial charge in [-0.15, -0.1) is 6.58 Å². The summed E-state index contributed by atoms with van der Waals surface area (Å²) in [6.45, 7) is 17.7. The van der Waals surface area contributed by atoms with Crippen LogP contribution in [0.1, 0.15) is 36.2 Å². The maximum absolute atomic E-state index is 13.3. The van der Waals surface area contributed by atoms with Crippen molar-refractivity contribution in [1.82, 2.24) is 4.57 Å². The monoisotopic (exact) mass is 526 g/mol. The molecular formula is C27H38N2O5Si2. The number of hydrogen-bond acceptors (Lipinski definition) is 5. The van der Waals surface area contributed by atoms with E-state index in [1.807, 2.05) is 12.1 Å². The van der Waals surface area contributed by atoms with Crippen LogP contribution in [-0.2, 0) is 14.9 Å². The van der Waals surface area contributed by atoms with Gasteiger partial charge < -0.3 is 4.74 Å². The molecule has 0 spiro atoms. The van der Waals surface area contributed by atoms with Crippen LogP contribution < -0.4 is 5.32 Å². The maximum atomic E-state index is 13.3. The molecule has 0 bridgehead atoms. The molecule has 7 nitrogen and oxygen atoms in total. The van der Waals surface area contributed by atoms with Crippen molar-refractivity contribution in [1.29, 1.82) is 0 Å². The summed E-state index contributed by atoms with van der Waals surface area (Å²) in [5.41, 5.74) is 1.20. The van der Waals surface area contributed by atoms with Crippen LogP contribution in [0.25, 0.3) is 11.1 Å². The van der Waals surface area contributed by atoms with Gasteiger partial charge in [0.1, 0.15) is 0 Å². The Morgan fingerprint density at radius 3 is 2.44 bits per heavy atom. The number of nitro groups is 1. The highest BCUT2D eigenvalue weighted by Crippen LogP contribution is 2.46. The lowest BCUT2D eigenvalue weighted by Gasteiger charge is -2.37. The Kier molecular flexibility index (Phi) is 7.95. The van der Waals surface area contributed by atoms with Crippen molar-refractivity contribution in [3.8, 4) is 11.1 Å². The molecule has 1 aromatic heterocycles. The molecule has 0 saturated carbocycles. The number of fused-ring (bicyclic) bond motifs is 1. The smallest absolute Gasteiger partial charge is 0.305 e. The predicted octanol–water partition coefficient (Wildman–Crippen LogP) is 6.13. The van der Waals surface area contributed by atoms with E-state index >= 15 is 0 Å². The summed E-state index contributed by atoms with van der Waals surface area (Å²) in [5, 5.41) is 12.8. The molecule has 0 fully saturated rings. The highest BCUT2D eigenvalue weighted by Gasteiger charge is 2.44. The van der Waals surface area contributed by atoms with Gasteiger partial charge in [-0.3, -0.25) is 24.3 Å². The Morgan fingerprint density at radius 2 is 1.86 bits per heavy atom. The standard InChI is InChI=1S/C27H38N2O5Si2/c1-8-27(16-14-25(31)34-17-18-35(2,3)4)15-13-23(30)28-24(36(5,6)7)19-21(26(27)28)20-11-9-10-12-22(20)29(32)33/h8-12,19H,1,13-18H2,2-7H3. The van der Waals surface area contributed by atoms with Crippen molar-refractivity contribution < 1.29 is 19.2 Å². The fraction of sp³-hybridized carbons (Fsp3) is 0.481. The molecular weight excluding hydrogens is 488 g/mol. The molecule has 0 N–H and O–H groups in total. The van der Waals surface area contributed by atoms with E-state index in [4.69, 9.17) is 4.74 Å². The average Bonchev–Trinajstić information content (AvgIpc) is 3.21. The SMILES string of the molecule is C=CC1(CCC(=O)OCC[Si](C)(C)C)CCC(=O)n2c([Si](C)(C)C)cc(-c3ccccc3[N+](=O)[O-])c21. The van der Waals surface area contributed by atoms with Crippen LogP contribution >= 0.6 is 0 Å². The number of carbonyl (C=O) groups is 2. The number of carbonyl (C=O) groups excluding carboxylic acids is 2. The van der Waals surface area contributed by atoms with Crippen molar-refractivity contribution in [3.63, 3.8) is 0 Å². The summed E-state index contributed by atoms with van der Waals surface area (Å²) in [6, 6.07) is 9.52. The summed E-state index contributed by atoms with van der Waals surface area (Å²) in [6.07, 6.45) is 3.27. The summed E-state index contributed by atoms with van der Waals surface area (Å²) in [7, 11) is -3.33. The van der Waals surface area contributed by atoms with Crippen LogP contribution in [0.5, 0.6) is 0 Å². The maximum Gasteiger partial charge on any atom is 0.305 e. The van der Waals surface area contributed by atoms with Gasteiger partial charge in [0.15, 0.2) is 0 Å². The molecule has 1 unspecified atom stereocenters. The van der Waals surface area contributed by atoms with Crippen molar-refractivity contribution in [2.75, 3.05) is 6.61 Å². The van der Waals surface area contributed by atoms with E-state index in [0.29, 0.717) is 37.0 Å². The lowest BCUT2D eigenvalue weighted by atomic mass is 9.72. The Hall–Kier alpha value is -2.79. The van der Waals surface area contributed by atoms with Crippen LogP contribution in [0.15, 0.2) is 43.0 Å². The zero-order valence-electron chi connectivity index (χ0n) is 22.3. The normalized spacial score (nSPS) is 18.0. The van der Waals surface area contributed by atoms with Gasteiger partial charge in [0.05, 0.1) is 25.2 Å². The number of ether oxygens (including phenoxy) is 1. The molecule has 0 saturated heterocycles. The van der Waals surface area contributed by atoms with Gasteiger partial charge in [0.25, 0.3) is 5.69 Å². The largest absolute Gasteiger partial charge is 0.466 e. The number of esters is 1. The molecule has 0 amide bonds. The molecule has 3 rings (SSSR count). The van der Waals surface area contributed by atoms with Gasteiger partial charge in [-0.1, -0.05) is 57.5 Å². The topological polar surface area (TPSA) is 91.4 Å². The fourth-order valence-corrected chi connectivity index (χ4v) is 7.05. The highest BCUT2D eigenvalue weighted by molar-refractivity contribution is 6.88. The molecule has 194 valence electrons. The molecule has 1 aliphatic rings. The second-order valence-corrected chi connectivity index (χ2v) is 22.6. The Balaban J connectivity index is 2.11. The van der Waals surface area contributed by atoms with E-state index in [9.17, 15) is 19.7 Å². The first kappa shape index (κ1) is 27.8. The number of rotatable bonds is 10. The van der Waals surface area contributed by atoms with Crippen molar-refractivity contribution in [3.05, 3.63) is 58.8 Å². The number of hydrogen-bond donors (Lipinski definition) is 0. The molecule has 2 aromatic rings. The Morgan fingerprint density at radius 1 is 1.19 bits per heavy atom. The predicted molar refractivity (Wildman–Crippen MR) is 150 cm³/mol. The van der Waals surface area contributed by atoms with Gasteiger partial charge in [0, 0.05) is 49.0 Å². The zero-order chi connectivity index (χ0) is 26.9. The fourth-order valence-electron chi connectivity index (χ4n) is 4.85. The lowest BCUT2D eigenvalue weighted by molar-refractivity contribution is -0.384. The lowest BCUT2D eigenvalue weighted by Crippen LogP contribution is -2.48. The number of para-hydroxylation sites is 1. The van der Waals surface area contributed by atoms with Crippen LogP contribution in [-0.4, -0.2) is 44.1 Å². The molecule has 0 aliphatic carbocycles. The number of benzene rings is 1.